The van der Waals surface area contributed by atoms with Crippen LogP contribution in [0.15, 0.2) is 24.5 Å². The highest BCUT2D eigenvalue weighted by atomic mass is 35.5. The number of rotatable bonds is 3. The number of likely N-dealkylation sites (tertiary alicyclic amines) is 1. The lowest BCUT2D eigenvalue weighted by molar-refractivity contribution is -0.0737. The topological polar surface area (TPSA) is 56.1 Å². The van der Waals surface area contributed by atoms with E-state index in [1.54, 1.807) is 28.9 Å². The molecule has 0 N–H and O–H groups in total. The number of amides is 1. The van der Waals surface area contributed by atoms with Crippen molar-refractivity contribution in [3.63, 3.8) is 0 Å². The second kappa shape index (κ2) is 6.35. The van der Waals surface area contributed by atoms with Crippen molar-refractivity contribution in [2.45, 2.75) is 38.0 Å². The summed E-state index contributed by atoms with van der Waals surface area (Å²) in [5.41, 5.74) is 1.14. The Hall–Kier alpha value is -1.63. The Kier molecular flexibility index (Phi) is 4.20. The van der Waals surface area contributed by atoms with E-state index in [1.807, 2.05) is 11.8 Å². The standard InChI is InChI=1S/C17H20ClN3O3/c1-2-23-14-10-21(13-4-3-7-24-16(13)14)17(22)12-9-20-8-11(18)5-6-15(20)19-12/h5-6,8-9,13-14,16H,2-4,7,10H2,1H3/t13-,14+,16+/m1/s1. The van der Waals surface area contributed by atoms with Crippen molar-refractivity contribution >= 4 is 23.2 Å². The maximum absolute atomic E-state index is 13.0. The van der Waals surface area contributed by atoms with E-state index in [0.29, 0.717) is 29.5 Å². The molecule has 4 rings (SSSR count). The molecular weight excluding hydrogens is 330 g/mol. The first-order valence-electron chi connectivity index (χ1n) is 8.36. The third-order valence-electron chi connectivity index (χ3n) is 4.75. The van der Waals surface area contributed by atoms with E-state index in [-0.39, 0.29) is 24.2 Å². The number of hydrogen-bond acceptors (Lipinski definition) is 4. The van der Waals surface area contributed by atoms with Crippen LogP contribution in [0.4, 0.5) is 0 Å². The van der Waals surface area contributed by atoms with Gasteiger partial charge in [-0.1, -0.05) is 11.6 Å². The Labute approximate surface area is 145 Å². The first-order valence-corrected chi connectivity index (χ1v) is 8.73. The van der Waals surface area contributed by atoms with Crippen LogP contribution < -0.4 is 0 Å². The van der Waals surface area contributed by atoms with E-state index in [2.05, 4.69) is 4.98 Å². The fourth-order valence-corrected chi connectivity index (χ4v) is 3.89. The monoisotopic (exact) mass is 349 g/mol. The smallest absolute Gasteiger partial charge is 0.274 e. The molecule has 0 saturated carbocycles. The molecule has 7 heteroatoms. The lowest BCUT2D eigenvalue weighted by atomic mass is 10.0. The quantitative estimate of drug-likeness (QED) is 0.853. The van der Waals surface area contributed by atoms with Gasteiger partial charge in [0, 0.05) is 25.6 Å². The van der Waals surface area contributed by atoms with Crippen molar-refractivity contribution in [1.29, 1.82) is 0 Å². The van der Waals surface area contributed by atoms with Gasteiger partial charge in [-0.25, -0.2) is 4.98 Å². The van der Waals surface area contributed by atoms with Gasteiger partial charge >= 0.3 is 0 Å². The first kappa shape index (κ1) is 15.9. The average molecular weight is 350 g/mol. The zero-order valence-electron chi connectivity index (χ0n) is 13.5. The second-order valence-corrected chi connectivity index (χ2v) is 6.67. The highest BCUT2D eigenvalue weighted by molar-refractivity contribution is 6.30. The summed E-state index contributed by atoms with van der Waals surface area (Å²) in [6, 6.07) is 3.64. The Morgan fingerprint density at radius 2 is 2.33 bits per heavy atom. The van der Waals surface area contributed by atoms with Gasteiger partial charge in [0.05, 0.1) is 17.6 Å². The Bertz CT molecular complexity index is 763. The van der Waals surface area contributed by atoms with Gasteiger partial charge in [-0.05, 0) is 31.9 Å². The summed E-state index contributed by atoms with van der Waals surface area (Å²) in [7, 11) is 0. The maximum atomic E-state index is 13.0. The van der Waals surface area contributed by atoms with Crippen molar-refractivity contribution in [2.24, 2.45) is 0 Å². The molecule has 2 saturated heterocycles. The third kappa shape index (κ3) is 2.68. The molecule has 2 aromatic rings. The van der Waals surface area contributed by atoms with E-state index in [4.69, 9.17) is 21.1 Å². The van der Waals surface area contributed by atoms with Crippen LogP contribution in [0.5, 0.6) is 0 Å². The summed E-state index contributed by atoms with van der Waals surface area (Å²) >= 11 is 6.00. The number of fused-ring (bicyclic) bond motifs is 2. The highest BCUT2D eigenvalue weighted by Gasteiger charge is 2.47. The van der Waals surface area contributed by atoms with E-state index < -0.39 is 0 Å². The molecule has 2 aliphatic heterocycles. The Balaban J connectivity index is 1.62. The Morgan fingerprint density at radius 3 is 3.17 bits per heavy atom. The van der Waals surface area contributed by atoms with E-state index >= 15 is 0 Å². The van der Waals surface area contributed by atoms with Gasteiger partial charge in [0.2, 0.25) is 0 Å². The van der Waals surface area contributed by atoms with Gasteiger partial charge in [0.25, 0.3) is 5.91 Å². The van der Waals surface area contributed by atoms with Gasteiger partial charge in [0.15, 0.2) is 0 Å². The molecule has 24 heavy (non-hydrogen) atoms. The maximum Gasteiger partial charge on any atom is 0.274 e. The number of aromatic nitrogens is 2. The molecule has 6 nitrogen and oxygen atoms in total. The number of nitrogens with zero attached hydrogens (tertiary/aromatic N) is 3. The lowest BCUT2D eigenvalue weighted by Crippen LogP contribution is -2.44. The van der Waals surface area contributed by atoms with Gasteiger partial charge < -0.3 is 18.8 Å². The zero-order chi connectivity index (χ0) is 16.7. The van der Waals surface area contributed by atoms with Crippen LogP contribution >= 0.6 is 11.6 Å². The molecule has 3 atom stereocenters. The molecule has 128 valence electrons. The van der Waals surface area contributed by atoms with Gasteiger partial charge in [-0.2, -0.15) is 0 Å². The van der Waals surface area contributed by atoms with Crippen molar-refractivity contribution < 1.29 is 14.3 Å². The number of pyridine rings is 1. The largest absolute Gasteiger partial charge is 0.374 e. The van der Waals surface area contributed by atoms with Crippen molar-refractivity contribution in [2.75, 3.05) is 19.8 Å². The molecule has 0 unspecified atom stereocenters. The molecule has 0 bridgehead atoms. The molecule has 0 radical (unpaired) electrons. The minimum Gasteiger partial charge on any atom is -0.374 e. The summed E-state index contributed by atoms with van der Waals surface area (Å²) in [6.45, 7) is 3.87. The summed E-state index contributed by atoms with van der Waals surface area (Å²) in [4.78, 5) is 19.3. The highest BCUT2D eigenvalue weighted by Crippen LogP contribution is 2.31. The molecule has 4 heterocycles. The van der Waals surface area contributed by atoms with Gasteiger partial charge in [0.1, 0.15) is 23.5 Å². The molecule has 2 aromatic heterocycles. The van der Waals surface area contributed by atoms with Gasteiger partial charge in [-0.3, -0.25) is 4.79 Å². The molecule has 2 fully saturated rings. The van der Waals surface area contributed by atoms with Crippen LogP contribution in [0.2, 0.25) is 5.02 Å². The van der Waals surface area contributed by atoms with Gasteiger partial charge in [-0.15, -0.1) is 0 Å². The molecule has 0 aromatic carbocycles. The molecule has 1 amide bonds. The van der Waals surface area contributed by atoms with E-state index in [9.17, 15) is 4.79 Å². The number of carbonyl (C=O) groups is 1. The van der Waals surface area contributed by atoms with E-state index in [0.717, 1.165) is 19.4 Å². The fraction of sp³-hybridized carbons (Fsp3) is 0.529. The van der Waals surface area contributed by atoms with Crippen LogP contribution in [0, 0.1) is 0 Å². The fourth-order valence-electron chi connectivity index (χ4n) is 3.72. The van der Waals surface area contributed by atoms with Crippen LogP contribution in [-0.4, -0.2) is 58.2 Å². The molecular formula is C17H20ClN3O3. The van der Waals surface area contributed by atoms with Crippen LogP contribution in [-0.2, 0) is 9.47 Å². The summed E-state index contributed by atoms with van der Waals surface area (Å²) in [5, 5.41) is 0.609. The van der Waals surface area contributed by atoms with Crippen LogP contribution in [0.25, 0.3) is 5.65 Å². The molecule has 2 aliphatic rings. The van der Waals surface area contributed by atoms with Crippen molar-refractivity contribution in [3.8, 4) is 0 Å². The van der Waals surface area contributed by atoms with Crippen LogP contribution in [0.3, 0.4) is 0 Å². The minimum atomic E-state index is -0.0717. The SMILES string of the molecule is CCO[C@H]1CN(C(=O)c2cn3cc(Cl)ccc3n2)[C@@H]2CCCO[C@H]12. The normalized spacial score (nSPS) is 26.8. The van der Waals surface area contributed by atoms with Crippen molar-refractivity contribution in [1.82, 2.24) is 14.3 Å². The molecule has 0 aliphatic carbocycles. The summed E-state index contributed by atoms with van der Waals surface area (Å²) in [6.07, 6.45) is 5.30. The second-order valence-electron chi connectivity index (χ2n) is 6.24. The van der Waals surface area contributed by atoms with E-state index in [1.165, 1.54) is 0 Å². The third-order valence-corrected chi connectivity index (χ3v) is 4.98. The average Bonchev–Trinajstić information content (AvgIpc) is 3.16. The number of carbonyl (C=O) groups excluding carboxylic acids is 1. The minimum absolute atomic E-state index is 0.0332. The summed E-state index contributed by atoms with van der Waals surface area (Å²) < 4.78 is 13.5. The zero-order valence-corrected chi connectivity index (χ0v) is 14.3. The Morgan fingerprint density at radius 1 is 1.46 bits per heavy atom. The number of halogens is 1. The number of imidazole rings is 1. The van der Waals surface area contributed by atoms with Crippen molar-refractivity contribution in [3.05, 3.63) is 35.2 Å². The predicted octanol–water partition coefficient (Wildman–Crippen LogP) is 2.40. The first-order chi connectivity index (χ1) is 11.7. The number of hydrogen-bond donors (Lipinski definition) is 0. The summed E-state index contributed by atoms with van der Waals surface area (Å²) in [5.74, 6) is -0.0717. The lowest BCUT2D eigenvalue weighted by Gasteiger charge is -2.31. The molecule has 0 spiro atoms. The van der Waals surface area contributed by atoms with Crippen LogP contribution in [0.1, 0.15) is 30.3 Å². The predicted molar refractivity (Wildman–Crippen MR) is 89.4 cm³/mol. The number of ether oxygens (including phenoxy) is 2.